The highest BCUT2D eigenvalue weighted by molar-refractivity contribution is 5.74. The maximum Gasteiger partial charge on any atom is 0.335 e. The highest BCUT2D eigenvalue weighted by Gasteiger charge is 2.19. The van der Waals surface area contributed by atoms with Gasteiger partial charge in [0.05, 0.1) is 13.2 Å². The molecule has 0 heterocycles. The summed E-state index contributed by atoms with van der Waals surface area (Å²) in [6.07, 6.45) is 1.16. The summed E-state index contributed by atoms with van der Waals surface area (Å²) in [7, 11) is 0. The molecule has 0 N–H and O–H groups in total. The molecule has 0 aliphatic carbocycles. The van der Waals surface area contributed by atoms with Gasteiger partial charge in [0, 0.05) is 0 Å². The Morgan fingerprint density at radius 1 is 1.24 bits per heavy atom. The number of hydrogen-bond donors (Lipinski definition) is 0. The molecule has 1 aromatic rings. The van der Waals surface area contributed by atoms with Crippen LogP contribution in [0, 0.1) is 0 Å². The molecule has 1 unspecified atom stereocenters. The fraction of sp³-hybridized carbons (Fsp3) is 0.500. The van der Waals surface area contributed by atoms with Crippen LogP contribution in [0.25, 0.3) is 0 Å². The van der Waals surface area contributed by atoms with Crippen molar-refractivity contribution in [1.29, 1.82) is 0 Å². The molecule has 94 valence electrons. The minimum atomic E-state index is -0.444. The third-order valence-electron chi connectivity index (χ3n) is 2.39. The van der Waals surface area contributed by atoms with Gasteiger partial charge in [0.15, 0.2) is 6.10 Å². The molecule has 0 amide bonds. The van der Waals surface area contributed by atoms with Crippen molar-refractivity contribution in [3.05, 3.63) is 35.9 Å². The van der Waals surface area contributed by atoms with Gasteiger partial charge in [-0.05, 0) is 18.9 Å². The Hall–Kier alpha value is -1.35. The van der Waals surface area contributed by atoms with Crippen molar-refractivity contribution in [1.82, 2.24) is 0 Å². The first kappa shape index (κ1) is 13.7. The molecule has 0 aromatic heterocycles. The van der Waals surface area contributed by atoms with Crippen LogP contribution < -0.4 is 0 Å². The second-order valence-corrected chi connectivity index (χ2v) is 3.83. The Balaban J connectivity index is 2.47. The molecular weight excluding hydrogens is 216 g/mol. The van der Waals surface area contributed by atoms with Crippen LogP contribution in [0.4, 0.5) is 0 Å². The van der Waals surface area contributed by atoms with Crippen LogP contribution in [0.15, 0.2) is 30.3 Å². The summed E-state index contributed by atoms with van der Waals surface area (Å²) < 4.78 is 10.6. The average molecular weight is 236 g/mol. The number of ether oxygens (including phenoxy) is 2. The third kappa shape index (κ3) is 5.00. The molecule has 1 rings (SSSR count). The molecule has 0 saturated carbocycles. The molecule has 0 spiro atoms. The molecule has 0 bridgehead atoms. The van der Waals surface area contributed by atoms with Crippen molar-refractivity contribution in [3.8, 4) is 0 Å². The second-order valence-electron chi connectivity index (χ2n) is 3.83. The molecule has 0 aliphatic rings. The number of rotatable bonds is 7. The van der Waals surface area contributed by atoms with E-state index in [1.807, 2.05) is 37.3 Å². The number of carbonyl (C=O) groups is 1. The first-order valence-corrected chi connectivity index (χ1v) is 6.10. The van der Waals surface area contributed by atoms with Gasteiger partial charge >= 0.3 is 5.97 Å². The lowest BCUT2D eigenvalue weighted by Gasteiger charge is -2.15. The zero-order valence-corrected chi connectivity index (χ0v) is 10.5. The van der Waals surface area contributed by atoms with Gasteiger partial charge < -0.3 is 9.47 Å². The van der Waals surface area contributed by atoms with E-state index < -0.39 is 6.10 Å². The highest BCUT2D eigenvalue weighted by Crippen LogP contribution is 2.09. The monoisotopic (exact) mass is 236 g/mol. The number of benzene rings is 1. The van der Waals surface area contributed by atoms with E-state index in [-0.39, 0.29) is 5.97 Å². The van der Waals surface area contributed by atoms with E-state index in [0.29, 0.717) is 19.6 Å². The first-order chi connectivity index (χ1) is 8.27. The zero-order valence-electron chi connectivity index (χ0n) is 10.5. The average Bonchev–Trinajstić information content (AvgIpc) is 2.36. The van der Waals surface area contributed by atoms with Crippen molar-refractivity contribution in [2.24, 2.45) is 0 Å². The molecule has 3 nitrogen and oxygen atoms in total. The van der Waals surface area contributed by atoms with E-state index in [1.165, 1.54) is 0 Å². The van der Waals surface area contributed by atoms with Gasteiger partial charge in [0.25, 0.3) is 0 Å². The van der Waals surface area contributed by atoms with Crippen molar-refractivity contribution in [2.45, 2.75) is 39.4 Å². The molecule has 3 heteroatoms. The zero-order chi connectivity index (χ0) is 12.5. The van der Waals surface area contributed by atoms with Gasteiger partial charge in [0.2, 0.25) is 0 Å². The standard InChI is InChI=1S/C14H20O3/c1-3-8-13(14(15)16-4-2)17-11-12-9-6-5-7-10-12/h5-7,9-10,13H,3-4,8,11H2,1-2H3. The van der Waals surface area contributed by atoms with Crippen molar-refractivity contribution in [3.63, 3.8) is 0 Å². The Morgan fingerprint density at radius 2 is 1.94 bits per heavy atom. The van der Waals surface area contributed by atoms with Gasteiger partial charge in [-0.3, -0.25) is 0 Å². The second kappa shape index (κ2) is 7.85. The maximum absolute atomic E-state index is 11.6. The quantitative estimate of drug-likeness (QED) is 0.683. The van der Waals surface area contributed by atoms with Crippen LogP contribution in [-0.4, -0.2) is 18.7 Å². The fourth-order valence-corrected chi connectivity index (χ4v) is 1.54. The van der Waals surface area contributed by atoms with Crippen LogP contribution in [0.5, 0.6) is 0 Å². The van der Waals surface area contributed by atoms with E-state index >= 15 is 0 Å². The lowest BCUT2D eigenvalue weighted by Crippen LogP contribution is -2.26. The van der Waals surface area contributed by atoms with Crippen molar-refractivity contribution in [2.75, 3.05) is 6.61 Å². The molecule has 0 radical (unpaired) electrons. The Kier molecular flexibility index (Phi) is 6.33. The van der Waals surface area contributed by atoms with Gasteiger partial charge in [0.1, 0.15) is 0 Å². The van der Waals surface area contributed by atoms with Crippen molar-refractivity contribution < 1.29 is 14.3 Å². The summed E-state index contributed by atoms with van der Waals surface area (Å²) in [5.74, 6) is -0.259. The maximum atomic E-state index is 11.6. The highest BCUT2D eigenvalue weighted by atomic mass is 16.6. The molecule has 0 aliphatic heterocycles. The summed E-state index contributed by atoms with van der Waals surface area (Å²) in [6, 6.07) is 9.83. The largest absolute Gasteiger partial charge is 0.464 e. The van der Waals surface area contributed by atoms with E-state index in [2.05, 4.69) is 0 Å². The molecule has 17 heavy (non-hydrogen) atoms. The molecule has 1 atom stereocenters. The molecule has 0 saturated heterocycles. The van der Waals surface area contributed by atoms with Crippen LogP contribution in [0.1, 0.15) is 32.3 Å². The fourth-order valence-electron chi connectivity index (χ4n) is 1.54. The third-order valence-corrected chi connectivity index (χ3v) is 2.39. The smallest absolute Gasteiger partial charge is 0.335 e. The first-order valence-electron chi connectivity index (χ1n) is 6.10. The van der Waals surface area contributed by atoms with E-state index in [1.54, 1.807) is 6.92 Å². The van der Waals surface area contributed by atoms with E-state index in [0.717, 1.165) is 12.0 Å². The van der Waals surface area contributed by atoms with Gasteiger partial charge in [-0.25, -0.2) is 4.79 Å². The normalized spacial score (nSPS) is 12.1. The number of esters is 1. The topological polar surface area (TPSA) is 35.5 Å². The SMILES string of the molecule is CCCC(OCc1ccccc1)C(=O)OCC. The minimum absolute atomic E-state index is 0.259. The van der Waals surface area contributed by atoms with E-state index in [4.69, 9.17) is 9.47 Å². The lowest BCUT2D eigenvalue weighted by atomic mass is 10.2. The van der Waals surface area contributed by atoms with Gasteiger partial charge in [-0.1, -0.05) is 43.7 Å². The Bertz CT molecular complexity index is 321. The van der Waals surface area contributed by atoms with Crippen molar-refractivity contribution >= 4 is 5.97 Å². The summed E-state index contributed by atoms with van der Waals surface area (Å²) in [5, 5.41) is 0. The Morgan fingerprint density at radius 3 is 2.53 bits per heavy atom. The summed E-state index contributed by atoms with van der Waals surface area (Å²) in [4.78, 5) is 11.6. The van der Waals surface area contributed by atoms with Crippen LogP contribution in [0.2, 0.25) is 0 Å². The van der Waals surface area contributed by atoms with Gasteiger partial charge in [-0.15, -0.1) is 0 Å². The molecular formula is C14H20O3. The summed E-state index contributed by atoms with van der Waals surface area (Å²) in [5.41, 5.74) is 1.07. The predicted octanol–water partition coefficient (Wildman–Crippen LogP) is 2.94. The predicted molar refractivity (Wildman–Crippen MR) is 66.6 cm³/mol. The van der Waals surface area contributed by atoms with Crippen LogP contribution >= 0.6 is 0 Å². The molecule has 0 fully saturated rings. The number of hydrogen-bond acceptors (Lipinski definition) is 3. The Labute approximate surface area is 103 Å². The summed E-state index contributed by atoms with van der Waals surface area (Å²) >= 11 is 0. The van der Waals surface area contributed by atoms with Crippen LogP contribution in [-0.2, 0) is 20.9 Å². The lowest BCUT2D eigenvalue weighted by molar-refractivity contribution is -0.158. The minimum Gasteiger partial charge on any atom is -0.464 e. The van der Waals surface area contributed by atoms with Gasteiger partial charge in [-0.2, -0.15) is 0 Å². The summed E-state index contributed by atoms with van der Waals surface area (Å²) in [6.45, 7) is 4.67. The van der Waals surface area contributed by atoms with Crippen LogP contribution in [0.3, 0.4) is 0 Å². The number of carbonyl (C=O) groups excluding carboxylic acids is 1. The molecule has 1 aromatic carbocycles. The van der Waals surface area contributed by atoms with E-state index in [9.17, 15) is 4.79 Å².